The van der Waals surface area contributed by atoms with E-state index in [0.717, 1.165) is 33.4 Å². The number of alkyl carbamates (subject to hydrolysis) is 1. The molecule has 2 aromatic heterocycles. The van der Waals surface area contributed by atoms with E-state index in [1.54, 1.807) is 12.1 Å². The molecule has 4 atom stereocenters. The van der Waals surface area contributed by atoms with Gasteiger partial charge in [0.2, 0.25) is 11.8 Å². The maximum Gasteiger partial charge on any atom is 0.407 e. The Morgan fingerprint density at radius 1 is 0.549 bits per heavy atom. The summed E-state index contributed by atoms with van der Waals surface area (Å²) in [6, 6.07) is 49.0. The zero-order valence-corrected chi connectivity index (χ0v) is 40.1. The molecule has 0 bridgehead atoms. The maximum atomic E-state index is 12.8. The number of amides is 1. The quantitative estimate of drug-likeness (QED) is 0.0440. The summed E-state index contributed by atoms with van der Waals surface area (Å²) in [4.78, 5) is 46.2. The smallest absolute Gasteiger partial charge is 0.407 e. The second kappa shape index (κ2) is 24.8. The molecule has 0 aliphatic carbocycles. The summed E-state index contributed by atoms with van der Waals surface area (Å²) in [5.74, 6) is -1.44. The number of aliphatic hydroxyl groups excluding tert-OH is 2. The first-order valence-corrected chi connectivity index (χ1v) is 23.6. The summed E-state index contributed by atoms with van der Waals surface area (Å²) in [5.41, 5.74) is 13.2. The number of rotatable bonds is 19. The van der Waals surface area contributed by atoms with Gasteiger partial charge >= 0.3 is 18.0 Å². The Labute approximate surface area is 412 Å². The minimum absolute atomic E-state index is 0.0192. The largest absolute Gasteiger partial charge is 0.461 e. The molecular formula is C57H60N4O10. The van der Waals surface area contributed by atoms with Crippen molar-refractivity contribution in [1.82, 2.24) is 15.3 Å². The standard InChI is InChI=1S/C31H34N2O6.C26H26N2O4/c1-31(2,3)39-30(36)32-19-22-15-13-21(14-16-22)17-24(18-27(34)37-20-23-9-5-4-6-10-23)28(35)29-33-25-11-7-8-12-26(25)38-29;27-16-19-12-10-18(11-13-19)14-21(15-24(29)31-17-20-6-2-1-3-7-20)25(30)26-28-22-8-4-5-9-23(22)32-26/h4-16,24,28,35H,17-20H2,1-3H3,(H,32,36);1-13,21,25,30H,14-17,27H2/t24-,28?;21-,25?/m11/s1. The number of esters is 2. The number of carbonyl (C=O) groups is 3. The number of nitrogens with one attached hydrogen (secondary N) is 1. The molecule has 5 N–H and O–H groups in total. The molecule has 0 saturated carbocycles. The van der Waals surface area contributed by atoms with Crippen molar-refractivity contribution in [3.63, 3.8) is 0 Å². The van der Waals surface area contributed by atoms with Crippen molar-refractivity contribution in [3.05, 3.63) is 203 Å². The molecule has 2 unspecified atom stereocenters. The van der Waals surface area contributed by atoms with Crippen LogP contribution < -0.4 is 11.1 Å². The molecule has 0 radical (unpaired) electrons. The third kappa shape index (κ3) is 15.7. The molecule has 8 aromatic rings. The molecule has 0 spiro atoms. The van der Waals surface area contributed by atoms with Gasteiger partial charge < -0.3 is 44.3 Å². The third-order valence-corrected chi connectivity index (χ3v) is 11.5. The molecule has 2 heterocycles. The molecule has 0 fully saturated rings. The summed E-state index contributed by atoms with van der Waals surface area (Å²) in [5, 5.41) is 25.1. The molecule has 0 aliphatic rings. The normalized spacial score (nSPS) is 13.0. The Morgan fingerprint density at radius 2 is 0.944 bits per heavy atom. The summed E-state index contributed by atoms with van der Waals surface area (Å²) in [6.45, 7) is 6.55. The molecule has 1 amide bonds. The van der Waals surface area contributed by atoms with Crippen molar-refractivity contribution in [2.75, 3.05) is 0 Å². The lowest BCUT2D eigenvalue weighted by Crippen LogP contribution is -2.32. The van der Waals surface area contributed by atoms with Crippen LogP contribution in [0.4, 0.5) is 4.79 Å². The van der Waals surface area contributed by atoms with E-state index in [1.165, 1.54) is 0 Å². The number of aromatic nitrogens is 2. The predicted octanol–water partition coefficient (Wildman–Crippen LogP) is 10.2. The van der Waals surface area contributed by atoms with Crippen LogP contribution in [-0.4, -0.2) is 43.8 Å². The Bertz CT molecular complexity index is 2870. The van der Waals surface area contributed by atoms with Crippen LogP contribution in [0.1, 0.15) is 91.0 Å². The van der Waals surface area contributed by atoms with E-state index in [1.807, 2.05) is 166 Å². The number of hydrogen-bond acceptors (Lipinski definition) is 13. The highest BCUT2D eigenvalue weighted by Crippen LogP contribution is 2.32. The number of ether oxygens (including phenoxy) is 3. The van der Waals surface area contributed by atoms with Gasteiger partial charge in [0.1, 0.15) is 42.1 Å². The number of benzene rings is 6. The SMILES string of the molecule is CC(C)(C)OC(=O)NCc1ccc(C[C@H](CC(=O)OCc2ccccc2)C(O)c2nc3ccccc3o2)cc1.NCc1ccc(C[C@H](CC(=O)OCc2ccccc2)C(O)c2nc3ccccc3o2)cc1. The molecule has 14 heteroatoms. The molecule has 0 aliphatic heterocycles. The number of nitrogens with zero attached hydrogens (tertiary/aromatic N) is 2. The predicted molar refractivity (Wildman–Crippen MR) is 268 cm³/mol. The summed E-state index contributed by atoms with van der Waals surface area (Å²) in [6.07, 6.45) is -1.79. The number of para-hydroxylation sites is 4. The highest BCUT2D eigenvalue weighted by Gasteiger charge is 2.30. The Morgan fingerprint density at radius 3 is 1.35 bits per heavy atom. The fourth-order valence-electron chi connectivity index (χ4n) is 7.75. The first-order valence-electron chi connectivity index (χ1n) is 23.6. The maximum absolute atomic E-state index is 12.8. The van der Waals surface area contributed by atoms with E-state index >= 15 is 0 Å². The Kier molecular flexibility index (Phi) is 17.9. The second-order valence-corrected chi connectivity index (χ2v) is 18.3. The van der Waals surface area contributed by atoms with Crippen LogP contribution in [0.25, 0.3) is 22.2 Å². The number of oxazole rings is 2. The first kappa shape index (κ1) is 51.2. The van der Waals surface area contributed by atoms with E-state index in [4.69, 9.17) is 28.8 Å². The highest BCUT2D eigenvalue weighted by molar-refractivity contribution is 5.73. The highest BCUT2D eigenvalue weighted by atomic mass is 16.6. The number of fused-ring (bicyclic) bond motifs is 2. The second-order valence-electron chi connectivity index (χ2n) is 18.3. The van der Waals surface area contributed by atoms with Crippen LogP contribution in [0, 0.1) is 11.8 Å². The lowest BCUT2D eigenvalue weighted by Gasteiger charge is -2.21. The van der Waals surface area contributed by atoms with E-state index in [0.29, 0.717) is 48.1 Å². The van der Waals surface area contributed by atoms with Crippen molar-refractivity contribution in [3.8, 4) is 0 Å². The van der Waals surface area contributed by atoms with Crippen LogP contribution in [0.5, 0.6) is 0 Å². The van der Waals surface area contributed by atoms with Gasteiger partial charge in [-0.3, -0.25) is 9.59 Å². The number of aliphatic hydroxyl groups is 2. The lowest BCUT2D eigenvalue weighted by atomic mass is 9.90. The lowest BCUT2D eigenvalue weighted by molar-refractivity contribution is -0.148. The van der Waals surface area contributed by atoms with E-state index in [2.05, 4.69) is 15.3 Å². The summed E-state index contributed by atoms with van der Waals surface area (Å²) < 4.78 is 27.8. The van der Waals surface area contributed by atoms with E-state index in [-0.39, 0.29) is 43.8 Å². The van der Waals surface area contributed by atoms with Crippen molar-refractivity contribution in [2.45, 2.75) is 90.6 Å². The van der Waals surface area contributed by atoms with Gasteiger partial charge in [-0.2, -0.15) is 0 Å². The average molecular weight is 961 g/mol. The average Bonchev–Trinajstić information content (AvgIpc) is 4.02. The van der Waals surface area contributed by atoms with Gasteiger partial charge in [-0.25, -0.2) is 14.8 Å². The Balaban J connectivity index is 0.000000213. The van der Waals surface area contributed by atoms with Gasteiger partial charge in [0.05, 0.1) is 12.8 Å². The van der Waals surface area contributed by atoms with Crippen molar-refractivity contribution in [2.24, 2.45) is 17.6 Å². The molecule has 8 rings (SSSR count). The molecule has 368 valence electrons. The van der Waals surface area contributed by atoms with Crippen LogP contribution in [0.3, 0.4) is 0 Å². The number of nitrogens with two attached hydrogens (primary N) is 1. The Hall–Kier alpha value is -7.65. The fraction of sp³-hybridized carbons (Fsp3) is 0.281. The van der Waals surface area contributed by atoms with Gasteiger partial charge in [-0.1, -0.05) is 133 Å². The molecular weight excluding hydrogens is 901 g/mol. The zero-order valence-electron chi connectivity index (χ0n) is 40.1. The molecule has 71 heavy (non-hydrogen) atoms. The van der Waals surface area contributed by atoms with Crippen molar-refractivity contribution in [1.29, 1.82) is 0 Å². The van der Waals surface area contributed by atoms with E-state index < -0.39 is 41.7 Å². The zero-order chi connectivity index (χ0) is 50.2. The van der Waals surface area contributed by atoms with Gasteiger partial charge in [0, 0.05) is 24.9 Å². The van der Waals surface area contributed by atoms with E-state index in [9.17, 15) is 24.6 Å². The molecule has 14 nitrogen and oxygen atoms in total. The van der Waals surface area contributed by atoms with Crippen LogP contribution in [0.15, 0.2) is 167 Å². The molecule has 6 aromatic carbocycles. The van der Waals surface area contributed by atoms with Crippen molar-refractivity contribution < 1.29 is 47.6 Å². The van der Waals surface area contributed by atoms with Gasteiger partial charge in [0.15, 0.2) is 11.2 Å². The monoisotopic (exact) mass is 960 g/mol. The minimum Gasteiger partial charge on any atom is -0.461 e. The van der Waals surface area contributed by atoms with Crippen molar-refractivity contribution >= 4 is 40.2 Å². The minimum atomic E-state index is -1.12. The van der Waals surface area contributed by atoms with Crippen LogP contribution in [-0.2, 0) is 62.9 Å². The third-order valence-electron chi connectivity index (χ3n) is 11.5. The van der Waals surface area contributed by atoms with Gasteiger partial charge in [-0.05, 0) is 91.3 Å². The topological polar surface area (TPSA) is 209 Å². The number of carbonyl (C=O) groups excluding carboxylic acids is 3. The number of hydrogen-bond donors (Lipinski definition) is 4. The summed E-state index contributed by atoms with van der Waals surface area (Å²) >= 11 is 0. The first-order chi connectivity index (χ1) is 34.3. The fourth-order valence-corrected chi connectivity index (χ4v) is 7.75. The van der Waals surface area contributed by atoms with Gasteiger partial charge in [0.25, 0.3) is 0 Å². The van der Waals surface area contributed by atoms with Crippen LogP contribution >= 0.6 is 0 Å². The molecule has 0 saturated heterocycles. The summed E-state index contributed by atoms with van der Waals surface area (Å²) in [7, 11) is 0. The van der Waals surface area contributed by atoms with Crippen LogP contribution in [0.2, 0.25) is 0 Å². The van der Waals surface area contributed by atoms with Gasteiger partial charge in [-0.15, -0.1) is 0 Å².